The van der Waals surface area contributed by atoms with E-state index in [2.05, 4.69) is 5.32 Å². The highest BCUT2D eigenvalue weighted by atomic mass is 19.1. The Kier molecular flexibility index (Phi) is 5.84. The van der Waals surface area contributed by atoms with Gasteiger partial charge in [-0.25, -0.2) is 9.37 Å². The average Bonchev–Trinajstić information content (AvgIpc) is 3.24. The smallest absolute Gasteiger partial charge is 0.247 e. The van der Waals surface area contributed by atoms with Gasteiger partial charge in [0.25, 0.3) is 0 Å². The van der Waals surface area contributed by atoms with Crippen LogP contribution in [0, 0.1) is 5.82 Å². The fraction of sp³-hybridized carbons (Fsp3) is 0.222. The normalized spacial score (nSPS) is 17.6. The Hall–Kier alpha value is -4.00. The van der Waals surface area contributed by atoms with Gasteiger partial charge in [0, 0.05) is 13.1 Å². The van der Waals surface area contributed by atoms with Gasteiger partial charge in [-0.05, 0) is 42.3 Å². The van der Waals surface area contributed by atoms with Crippen molar-refractivity contribution in [3.63, 3.8) is 0 Å². The molecule has 4 aromatic rings. The minimum Gasteiger partial charge on any atom is -0.352 e. The Morgan fingerprint density at radius 1 is 0.971 bits per heavy atom. The molecule has 0 radical (unpaired) electrons. The van der Waals surface area contributed by atoms with E-state index in [0.717, 1.165) is 28.0 Å². The molecule has 172 valence electrons. The van der Waals surface area contributed by atoms with Crippen LogP contribution in [0.3, 0.4) is 0 Å². The van der Waals surface area contributed by atoms with Crippen LogP contribution in [0.4, 0.5) is 4.39 Å². The number of benzene rings is 3. The number of nitrogens with zero attached hydrogens (tertiary/aromatic N) is 3. The number of rotatable bonds is 6. The van der Waals surface area contributed by atoms with Gasteiger partial charge < -0.3 is 14.8 Å². The van der Waals surface area contributed by atoms with Gasteiger partial charge in [-0.3, -0.25) is 9.59 Å². The van der Waals surface area contributed by atoms with Crippen molar-refractivity contribution in [3.8, 4) is 0 Å². The zero-order chi connectivity index (χ0) is 23.7. The summed E-state index contributed by atoms with van der Waals surface area (Å²) in [6, 6.07) is 22.5. The topological polar surface area (TPSA) is 67.2 Å². The largest absolute Gasteiger partial charge is 0.352 e. The molecule has 0 saturated heterocycles. The second kappa shape index (κ2) is 9.09. The molecule has 1 N–H and O–H groups in total. The first kappa shape index (κ1) is 21.8. The predicted octanol–water partition coefficient (Wildman–Crippen LogP) is 4.53. The molecule has 34 heavy (non-hydrogen) atoms. The Bertz CT molecular complexity index is 1330. The monoisotopic (exact) mass is 456 g/mol. The van der Waals surface area contributed by atoms with Crippen LogP contribution in [-0.2, 0) is 22.7 Å². The van der Waals surface area contributed by atoms with E-state index in [1.165, 1.54) is 12.1 Å². The molecule has 0 unspecified atom stereocenters. The summed E-state index contributed by atoms with van der Waals surface area (Å²) in [4.78, 5) is 33.3. The summed E-state index contributed by atoms with van der Waals surface area (Å²) in [6.45, 7) is 2.68. The van der Waals surface area contributed by atoms with E-state index < -0.39 is 6.04 Å². The molecule has 3 aromatic carbocycles. The number of amides is 2. The third kappa shape index (κ3) is 4.17. The molecule has 6 nitrogen and oxygen atoms in total. The van der Waals surface area contributed by atoms with Crippen molar-refractivity contribution < 1.29 is 14.0 Å². The number of carbonyl (C=O) groups is 2. The summed E-state index contributed by atoms with van der Waals surface area (Å²) in [5.41, 5.74) is 3.45. The third-order valence-corrected chi connectivity index (χ3v) is 6.32. The maximum atomic E-state index is 13.7. The number of imidazole rings is 1. The molecule has 1 aromatic heterocycles. The fourth-order valence-electron chi connectivity index (χ4n) is 4.54. The molecule has 0 spiro atoms. The summed E-state index contributed by atoms with van der Waals surface area (Å²) < 4.78 is 15.1. The first-order valence-electron chi connectivity index (χ1n) is 11.3. The number of fused-ring (bicyclic) bond motifs is 3. The third-order valence-electron chi connectivity index (χ3n) is 6.32. The van der Waals surface area contributed by atoms with Crippen molar-refractivity contribution in [2.75, 3.05) is 0 Å². The van der Waals surface area contributed by atoms with Crippen molar-refractivity contribution in [2.24, 2.45) is 0 Å². The highest BCUT2D eigenvalue weighted by molar-refractivity contribution is 5.90. The van der Waals surface area contributed by atoms with E-state index in [4.69, 9.17) is 4.98 Å². The lowest BCUT2D eigenvalue weighted by Crippen LogP contribution is -2.46. The summed E-state index contributed by atoms with van der Waals surface area (Å²) in [6.07, 6.45) is -0.00854. The van der Waals surface area contributed by atoms with Crippen LogP contribution in [0.1, 0.15) is 42.4 Å². The number of hydrogen-bond acceptors (Lipinski definition) is 3. The molecule has 5 rings (SSSR count). The Morgan fingerprint density at radius 3 is 2.44 bits per heavy atom. The van der Waals surface area contributed by atoms with Crippen LogP contribution in [-0.4, -0.2) is 26.3 Å². The Labute approximate surface area is 197 Å². The van der Waals surface area contributed by atoms with Crippen LogP contribution < -0.4 is 5.32 Å². The molecular weight excluding hydrogens is 431 g/mol. The van der Waals surface area contributed by atoms with Gasteiger partial charge in [0.2, 0.25) is 11.8 Å². The van der Waals surface area contributed by atoms with E-state index in [9.17, 15) is 14.0 Å². The summed E-state index contributed by atoms with van der Waals surface area (Å²) in [5.74, 6) is 0.0904. The van der Waals surface area contributed by atoms with Crippen LogP contribution in [0.15, 0.2) is 78.9 Å². The van der Waals surface area contributed by atoms with E-state index in [0.29, 0.717) is 6.54 Å². The molecule has 0 fully saturated rings. The highest BCUT2D eigenvalue weighted by Gasteiger charge is 2.40. The zero-order valence-corrected chi connectivity index (χ0v) is 18.8. The number of nitrogens with one attached hydrogen (secondary N) is 1. The van der Waals surface area contributed by atoms with Gasteiger partial charge in [0.05, 0.1) is 23.5 Å². The van der Waals surface area contributed by atoms with Crippen molar-refractivity contribution in [1.29, 1.82) is 0 Å². The van der Waals surface area contributed by atoms with E-state index in [1.807, 2.05) is 66.1 Å². The van der Waals surface area contributed by atoms with Crippen LogP contribution in [0.5, 0.6) is 0 Å². The van der Waals surface area contributed by atoms with E-state index >= 15 is 0 Å². The lowest BCUT2D eigenvalue weighted by Gasteiger charge is -2.38. The van der Waals surface area contributed by atoms with Crippen LogP contribution in [0.2, 0.25) is 0 Å². The standard InChI is InChI=1S/C27H25FN4O2/c1-18-26-30-22-9-5-6-10-23(22)32(26)24(27(34)31(18)17-20-7-3-2-4-8-20)15-25(33)29-16-19-11-13-21(28)14-12-19/h2-14,18,24H,15-17H2,1H3,(H,29,33)/t18-,24+/m1/s1. The average molecular weight is 457 g/mol. The van der Waals surface area contributed by atoms with Crippen LogP contribution >= 0.6 is 0 Å². The van der Waals surface area contributed by atoms with Crippen molar-refractivity contribution >= 4 is 22.8 Å². The molecule has 1 aliphatic rings. The molecule has 0 aliphatic carbocycles. The maximum absolute atomic E-state index is 13.7. The van der Waals surface area contributed by atoms with Gasteiger partial charge in [0.1, 0.15) is 17.7 Å². The summed E-state index contributed by atoms with van der Waals surface area (Å²) in [7, 11) is 0. The maximum Gasteiger partial charge on any atom is 0.247 e. The second-order valence-electron chi connectivity index (χ2n) is 8.58. The highest BCUT2D eigenvalue weighted by Crippen LogP contribution is 2.37. The fourth-order valence-corrected chi connectivity index (χ4v) is 4.54. The van der Waals surface area contributed by atoms with Gasteiger partial charge in [-0.1, -0.05) is 54.6 Å². The molecule has 2 amide bonds. The van der Waals surface area contributed by atoms with Gasteiger partial charge in [0.15, 0.2) is 0 Å². The molecular formula is C27H25FN4O2. The van der Waals surface area contributed by atoms with Crippen LogP contribution in [0.25, 0.3) is 11.0 Å². The second-order valence-corrected chi connectivity index (χ2v) is 8.58. The molecule has 7 heteroatoms. The Balaban J connectivity index is 1.44. The minimum absolute atomic E-state index is 0.00854. The van der Waals surface area contributed by atoms with Crippen molar-refractivity contribution in [3.05, 3.63) is 102 Å². The van der Waals surface area contributed by atoms with Crippen molar-refractivity contribution in [1.82, 2.24) is 19.8 Å². The minimum atomic E-state index is -0.699. The van der Waals surface area contributed by atoms with E-state index in [1.54, 1.807) is 17.0 Å². The molecule has 0 saturated carbocycles. The summed E-state index contributed by atoms with van der Waals surface area (Å²) in [5, 5.41) is 2.87. The first-order valence-corrected chi connectivity index (χ1v) is 11.3. The Morgan fingerprint density at radius 2 is 1.68 bits per heavy atom. The van der Waals surface area contributed by atoms with Gasteiger partial charge >= 0.3 is 0 Å². The molecule has 2 atom stereocenters. The number of carbonyl (C=O) groups excluding carboxylic acids is 2. The number of hydrogen-bond donors (Lipinski definition) is 1. The molecule has 0 bridgehead atoms. The SMILES string of the molecule is C[C@@H]1c2nc3ccccc3n2[C@@H](CC(=O)NCc2ccc(F)cc2)C(=O)N1Cc1ccccc1. The predicted molar refractivity (Wildman–Crippen MR) is 127 cm³/mol. The lowest BCUT2D eigenvalue weighted by molar-refractivity contribution is -0.142. The number of para-hydroxylation sites is 2. The first-order chi connectivity index (χ1) is 16.5. The van der Waals surface area contributed by atoms with Crippen molar-refractivity contribution in [2.45, 2.75) is 38.5 Å². The van der Waals surface area contributed by atoms with E-state index in [-0.39, 0.29) is 36.6 Å². The molecule has 1 aliphatic heterocycles. The quantitative estimate of drug-likeness (QED) is 0.464. The van der Waals surface area contributed by atoms with Gasteiger partial charge in [-0.2, -0.15) is 0 Å². The summed E-state index contributed by atoms with van der Waals surface area (Å²) >= 11 is 0. The lowest BCUT2D eigenvalue weighted by atomic mass is 10.0. The van der Waals surface area contributed by atoms with Gasteiger partial charge in [-0.15, -0.1) is 0 Å². The number of aromatic nitrogens is 2. The number of halogens is 1. The molecule has 2 heterocycles. The zero-order valence-electron chi connectivity index (χ0n) is 18.8.